The van der Waals surface area contributed by atoms with Gasteiger partial charge in [-0.25, -0.2) is 14.4 Å². The van der Waals surface area contributed by atoms with Gasteiger partial charge in [-0.15, -0.1) is 0 Å². The summed E-state index contributed by atoms with van der Waals surface area (Å²) in [6, 6.07) is 6.34. The Kier molecular flexibility index (Phi) is 3.88. The second-order valence-electron chi connectivity index (χ2n) is 6.32. The number of ether oxygens (including phenoxy) is 1. The minimum absolute atomic E-state index is 0.226. The summed E-state index contributed by atoms with van der Waals surface area (Å²) in [5.74, 6) is 0.564. The number of hydrogen-bond donors (Lipinski definition) is 0. The molecule has 1 aromatic carbocycles. The molecule has 124 valence electrons. The number of hydrogen-bond acceptors (Lipinski definition) is 4. The number of halogens is 1. The summed E-state index contributed by atoms with van der Waals surface area (Å²) in [7, 11) is 0. The summed E-state index contributed by atoms with van der Waals surface area (Å²) in [6.07, 6.45) is 6.07. The third kappa shape index (κ3) is 2.96. The van der Waals surface area contributed by atoms with Crippen molar-refractivity contribution in [1.82, 2.24) is 14.9 Å². The molecule has 0 N–H and O–H groups in total. The van der Waals surface area contributed by atoms with Crippen LogP contribution >= 0.6 is 0 Å². The van der Waals surface area contributed by atoms with Gasteiger partial charge in [0.1, 0.15) is 11.5 Å². The molecular formula is C18H18FN3O2. The van der Waals surface area contributed by atoms with Gasteiger partial charge in [-0.2, -0.15) is 0 Å². The molecular weight excluding hydrogens is 309 g/mol. The van der Waals surface area contributed by atoms with Crippen molar-refractivity contribution in [1.29, 1.82) is 0 Å². The minimum Gasteiger partial charge on any atom is -0.476 e. The molecule has 1 saturated carbocycles. The Morgan fingerprint density at radius 1 is 1.21 bits per heavy atom. The molecule has 1 aliphatic carbocycles. The van der Waals surface area contributed by atoms with Crippen LogP contribution in [0.3, 0.4) is 0 Å². The Balaban J connectivity index is 1.44. The topological polar surface area (TPSA) is 55.3 Å². The molecule has 2 heterocycles. The van der Waals surface area contributed by atoms with Crippen molar-refractivity contribution >= 4 is 5.91 Å². The van der Waals surface area contributed by atoms with E-state index in [-0.39, 0.29) is 23.5 Å². The van der Waals surface area contributed by atoms with Crippen LogP contribution in [0.1, 0.15) is 41.4 Å². The molecule has 2 fully saturated rings. The summed E-state index contributed by atoms with van der Waals surface area (Å²) in [5, 5.41) is 0. The molecule has 6 heteroatoms. The molecule has 1 aromatic heterocycles. The fraction of sp³-hybridized carbons (Fsp3) is 0.389. The fourth-order valence-corrected chi connectivity index (χ4v) is 2.84. The zero-order valence-corrected chi connectivity index (χ0v) is 13.2. The van der Waals surface area contributed by atoms with E-state index in [1.807, 2.05) is 0 Å². The van der Waals surface area contributed by atoms with E-state index >= 15 is 0 Å². The first kappa shape index (κ1) is 15.1. The lowest BCUT2D eigenvalue weighted by Crippen LogP contribution is -2.45. The molecule has 0 radical (unpaired) electrons. The Hall–Kier alpha value is -2.50. The van der Waals surface area contributed by atoms with E-state index in [0.717, 1.165) is 6.42 Å². The van der Waals surface area contributed by atoms with Crippen LogP contribution in [0.15, 0.2) is 36.7 Å². The van der Waals surface area contributed by atoms with Gasteiger partial charge in [0.15, 0.2) is 0 Å². The third-order valence-corrected chi connectivity index (χ3v) is 4.56. The molecule has 0 spiro atoms. The van der Waals surface area contributed by atoms with Crippen molar-refractivity contribution in [3.8, 4) is 5.88 Å². The summed E-state index contributed by atoms with van der Waals surface area (Å²) >= 11 is 0. The lowest BCUT2D eigenvalue weighted by molar-refractivity contribution is 0.0446. The van der Waals surface area contributed by atoms with Crippen LogP contribution in [0.2, 0.25) is 0 Å². The second kappa shape index (κ2) is 6.19. The number of likely N-dealkylation sites (tertiary alicyclic amines) is 1. The molecule has 0 bridgehead atoms. The molecule has 5 nitrogen and oxygen atoms in total. The summed E-state index contributed by atoms with van der Waals surface area (Å²) in [4.78, 5) is 22.5. The average Bonchev–Trinajstić information content (AvgIpc) is 3.39. The monoisotopic (exact) mass is 327 g/mol. The van der Waals surface area contributed by atoms with Crippen LogP contribution in [-0.2, 0) is 0 Å². The van der Waals surface area contributed by atoms with Gasteiger partial charge in [0.2, 0.25) is 5.88 Å². The standard InChI is InChI=1S/C18H18FN3O2/c19-14-4-2-1-3-13(14)16-7-8-22(16)18(23)15-9-21-17(10-20-15)24-11-12-5-6-12/h1-4,9-10,12,16H,5-8,11H2. The Morgan fingerprint density at radius 2 is 2.04 bits per heavy atom. The number of rotatable bonds is 5. The van der Waals surface area contributed by atoms with Crippen molar-refractivity contribution in [3.05, 3.63) is 53.7 Å². The number of nitrogens with zero attached hydrogens (tertiary/aromatic N) is 3. The highest BCUT2D eigenvalue weighted by Crippen LogP contribution is 2.35. The lowest BCUT2D eigenvalue weighted by atomic mass is 9.94. The maximum atomic E-state index is 13.9. The third-order valence-electron chi connectivity index (χ3n) is 4.56. The van der Waals surface area contributed by atoms with Gasteiger partial charge >= 0.3 is 0 Å². The molecule has 2 aliphatic rings. The van der Waals surface area contributed by atoms with E-state index in [0.29, 0.717) is 30.5 Å². The van der Waals surface area contributed by atoms with E-state index < -0.39 is 0 Å². The SMILES string of the molecule is O=C(c1cnc(OCC2CC2)cn1)N1CCC1c1ccccc1F. The van der Waals surface area contributed by atoms with Crippen LogP contribution in [0.5, 0.6) is 5.88 Å². The van der Waals surface area contributed by atoms with Crippen molar-refractivity contribution in [2.45, 2.75) is 25.3 Å². The van der Waals surface area contributed by atoms with Crippen molar-refractivity contribution in [2.24, 2.45) is 5.92 Å². The van der Waals surface area contributed by atoms with Crippen molar-refractivity contribution in [2.75, 3.05) is 13.2 Å². The van der Waals surface area contributed by atoms with Crippen LogP contribution in [-0.4, -0.2) is 33.9 Å². The van der Waals surface area contributed by atoms with Gasteiger partial charge in [0.05, 0.1) is 25.0 Å². The molecule has 4 rings (SSSR count). The number of aromatic nitrogens is 2. The van der Waals surface area contributed by atoms with Gasteiger partial charge in [-0.3, -0.25) is 4.79 Å². The molecule has 1 saturated heterocycles. The zero-order chi connectivity index (χ0) is 16.5. The van der Waals surface area contributed by atoms with Gasteiger partial charge in [0.25, 0.3) is 5.91 Å². The molecule has 1 amide bonds. The number of carbonyl (C=O) groups is 1. The van der Waals surface area contributed by atoms with E-state index in [2.05, 4.69) is 9.97 Å². The minimum atomic E-state index is -0.282. The van der Waals surface area contributed by atoms with Crippen LogP contribution < -0.4 is 4.74 Å². The van der Waals surface area contributed by atoms with Gasteiger partial charge in [-0.1, -0.05) is 18.2 Å². The largest absolute Gasteiger partial charge is 0.476 e. The number of benzene rings is 1. The first-order valence-electron chi connectivity index (χ1n) is 8.22. The summed E-state index contributed by atoms with van der Waals surface area (Å²) < 4.78 is 19.4. The molecule has 1 unspecified atom stereocenters. The van der Waals surface area contributed by atoms with Crippen LogP contribution in [0.25, 0.3) is 0 Å². The average molecular weight is 327 g/mol. The quantitative estimate of drug-likeness (QED) is 0.847. The van der Waals surface area contributed by atoms with E-state index in [1.165, 1.54) is 31.3 Å². The smallest absolute Gasteiger partial charge is 0.274 e. The Bertz CT molecular complexity index is 746. The highest BCUT2D eigenvalue weighted by molar-refractivity contribution is 5.92. The molecule has 2 aromatic rings. The number of carbonyl (C=O) groups excluding carboxylic acids is 1. The normalized spacial score (nSPS) is 19.7. The lowest BCUT2D eigenvalue weighted by Gasteiger charge is -2.41. The highest BCUT2D eigenvalue weighted by Gasteiger charge is 2.36. The highest BCUT2D eigenvalue weighted by atomic mass is 19.1. The first-order chi connectivity index (χ1) is 11.7. The summed E-state index contributed by atoms with van der Waals surface area (Å²) in [5.41, 5.74) is 0.809. The van der Waals surface area contributed by atoms with Gasteiger partial charge in [0, 0.05) is 12.1 Å². The fourth-order valence-electron chi connectivity index (χ4n) is 2.84. The van der Waals surface area contributed by atoms with E-state index in [1.54, 1.807) is 23.1 Å². The van der Waals surface area contributed by atoms with E-state index in [9.17, 15) is 9.18 Å². The van der Waals surface area contributed by atoms with E-state index in [4.69, 9.17) is 4.74 Å². The predicted octanol–water partition coefficient (Wildman–Crippen LogP) is 2.99. The van der Waals surface area contributed by atoms with Crippen LogP contribution in [0.4, 0.5) is 4.39 Å². The molecule has 1 aliphatic heterocycles. The number of amides is 1. The van der Waals surface area contributed by atoms with Gasteiger partial charge in [-0.05, 0) is 31.2 Å². The maximum absolute atomic E-state index is 13.9. The maximum Gasteiger partial charge on any atom is 0.274 e. The zero-order valence-electron chi connectivity index (χ0n) is 13.2. The Morgan fingerprint density at radius 3 is 2.67 bits per heavy atom. The molecule has 1 atom stereocenters. The second-order valence-corrected chi connectivity index (χ2v) is 6.32. The first-order valence-corrected chi connectivity index (χ1v) is 8.22. The predicted molar refractivity (Wildman–Crippen MR) is 85.0 cm³/mol. The van der Waals surface area contributed by atoms with Crippen molar-refractivity contribution in [3.63, 3.8) is 0 Å². The molecule has 24 heavy (non-hydrogen) atoms. The Labute approximate surface area is 139 Å². The van der Waals surface area contributed by atoms with Gasteiger partial charge < -0.3 is 9.64 Å². The summed E-state index contributed by atoms with van der Waals surface area (Å²) in [6.45, 7) is 1.25. The van der Waals surface area contributed by atoms with Crippen molar-refractivity contribution < 1.29 is 13.9 Å². The van der Waals surface area contributed by atoms with Crippen LogP contribution in [0, 0.1) is 11.7 Å².